The summed E-state index contributed by atoms with van der Waals surface area (Å²) in [6.07, 6.45) is -0.200. The van der Waals surface area contributed by atoms with Crippen LogP contribution in [0.2, 0.25) is 5.02 Å². The average molecular weight is 285 g/mol. The van der Waals surface area contributed by atoms with E-state index >= 15 is 0 Å². The number of hydrogen-bond acceptors (Lipinski definition) is 4. The molecule has 0 fully saturated rings. The molecule has 100 valence electrons. The van der Waals surface area contributed by atoms with Gasteiger partial charge < -0.3 is 4.74 Å². The third-order valence-electron chi connectivity index (χ3n) is 2.30. The molecule has 0 aliphatic carbocycles. The molecule has 2 rings (SSSR count). The highest BCUT2D eigenvalue weighted by molar-refractivity contribution is 6.31. The van der Waals surface area contributed by atoms with Crippen LogP contribution in [0.4, 0.5) is 10.3 Å². The first-order valence-electron chi connectivity index (χ1n) is 5.29. The Kier molecular flexibility index (Phi) is 3.96. The smallest absolute Gasteiger partial charge is 0.336 e. The first-order chi connectivity index (χ1) is 9.10. The molecule has 2 N–H and O–H groups in total. The van der Waals surface area contributed by atoms with E-state index in [0.29, 0.717) is 0 Å². The SMILES string of the molecule is COc1n[nH]c(NC(=O)Cc2c(F)cccc2Cl)n1. The number of nitrogens with one attached hydrogen (secondary N) is 2. The normalized spacial score (nSPS) is 10.3. The summed E-state index contributed by atoms with van der Waals surface area (Å²) >= 11 is 5.83. The van der Waals surface area contributed by atoms with Gasteiger partial charge in [-0.2, -0.15) is 4.98 Å². The molecule has 1 aromatic carbocycles. The molecular weight excluding hydrogens is 275 g/mol. The van der Waals surface area contributed by atoms with E-state index in [1.165, 1.54) is 25.3 Å². The van der Waals surface area contributed by atoms with E-state index in [9.17, 15) is 9.18 Å². The van der Waals surface area contributed by atoms with Gasteiger partial charge in [0.15, 0.2) is 0 Å². The molecule has 0 bridgehead atoms. The molecule has 1 amide bonds. The molecule has 1 aromatic heterocycles. The van der Waals surface area contributed by atoms with Gasteiger partial charge in [0.05, 0.1) is 13.5 Å². The zero-order valence-electron chi connectivity index (χ0n) is 9.91. The summed E-state index contributed by atoms with van der Waals surface area (Å²) in [5.74, 6) is -0.877. The van der Waals surface area contributed by atoms with Gasteiger partial charge in [0.2, 0.25) is 11.9 Å². The lowest BCUT2D eigenvalue weighted by molar-refractivity contribution is -0.115. The number of nitrogens with zero attached hydrogens (tertiary/aromatic N) is 2. The predicted molar refractivity (Wildman–Crippen MR) is 66.7 cm³/mol. The van der Waals surface area contributed by atoms with Crippen molar-refractivity contribution in [3.05, 3.63) is 34.6 Å². The Bertz CT molecular complexity index is 582. The number of carbonyl (C=O) groups is 1. The van der Waals surface area contributed by atoms with E-state index in [1.54, 1.807) is 0 Å². The number of anilines is 1. The van der Waals surface area contributed by atoms with E-state index in [4.69, 9.17) is 16.3 Å². The molecule has 0 spiro atoms. The summed E-state index contributed by atoms with van der Waals surface area (Å²) in [5, 5.41) is 8.74. The fourth-order valence-electron chi connectivity index (χ4n) is 1.43. The average Bonchev–Trinajstić information content (AvgIpc) is 2.81. The lowest BCUT2D eigenvalue weighted by atomic mass is 10.1. The highest BCUT2D eigenvalue weighted by atomic mass is 35.5. The van der Waals surface area contributed by atoms with Crippen LogP contribution in [0.5, 0.6) is 6.01 Å². The number of methoxy groups -OCH3 is 1. The number of aromatic amines is 1. The quantitative estimate of drug-likeness (QED) is 0.897. The molecule has 2 aromatic rings. The molecule has 8 heteroatoms. The van der Waals surface area contributed by atoms with Crippen LogP contribution < -0.4 is 10.1 Å². The Morgan fingerprint density at radius 2 is 2.37 bits per heavy atom. The van der Waals surface area contributed by atoms with Crippen molar-refractivity contribution < 1.29 is 13.9 Å². The van der Waals surface area contributed by atoms with Crippen LogP contribution in [-0.2, 0) is 11.2 Å². The fraction of sp³-hybridized carbons (Fsp3) is 0.182. The van der Waals surface area contributed by atoms with E-state index in [1.807, 2.05) is 0 Å². The summed E-state index contributed by atoms with van der Waals surface area (Å²) in [6, 6.07) is 4.33. The largest absolute Gasteiger partial charge is 0.466 e. The number of hydrogen-bond donors (Lipinski definition) is 2. The molecule has 0 atom stereocenters. The van der Waals surface area contributed by atoms with Gasteiger partial charge in [-0.15, -0.1) is 5.10 Å². The number of rotatable bonds is 4. The molecule has 0 radical (unpaired) electrons. The van der Waals surface area contributed by atoms with Crippen molar-refractivity contribution in [2.75, 3.05) is 12.4 Å². The van der Waals surface area contributed by atoms with Crippen LogP contribution in [0.3, 0.4) is 0 Å². The van der Waals surface area contributed by atoms with E-state index in [2.05, 4.69) is 20.5 Å². The number of amides is 1. The lowest BCUT2D eigenvalue weighted by Gasteiger charge is -2.05. The van der Waals surface area contributed by atoms with E-state index in [0.717, 1.165) is 0 Å². The Labute approximate surface area is 112 Å². The molecule has 1 heterocycles. The molecule has 0 aliphatic heterocycles. The Hall–Kier alpha value is -2.15. The van der Waals surface area contributed by atoms with E-state index in [-0.39, 0.29) is 29.0 Å². The Balaban J connectivity index is 2.05. The van der Waals surface area contributed by atoms with Crippen LogP contribution >= 0.6 is 11.6 Å². The van der Waals surface area contributed by atoms with Crippen molar-refractivity contribution in [2.45, 2.75) is 6.42 Å². The number of halogens is 2. The highest BCUT2D eigenvalue weighted by Crippen LogP contribution is 2.19. The topological polar surface area (TPSA) is 79.9 Å². The number of ether oxygens (including phenoxy) is 1. The minimum Gasteiger partial charge on any atom is -0.466 e. The number of aromatic nitrogens is 3. The maximum atomic E-state index is 13.5. The minimum absolute atomic E-state index is 0.0965. The Morgan fingerprint density at radius 1 is 1.58 bits per heavy atom. The summed E-state index contributed by atoms with van der Waals surface area (Å²) in [7, 11) is 1.40. The number of carbonyl (C=O) groups excluding carboxylic acids is 1. The van der Waals surface area contributed by atoms with Crippen LogP contribution in [0, 0.1) is 5.82 Å². The van der Waals surface area contributed by atoms with Crippen LogP contribution in [0.1, 0.15) is 5.56 Å². The maximum absolute atomic E-state index is 13.5. The molecule has 6 nitrogen and oxygen atoms in total. The van der Waals surface area contributed by atoms with Crippen LogP contribution in [0.15, 0.2) is 18.2 Å². The van der Waals surface area contributed by atoms with Gasteiger partial charge in [-0.25, -0.2) is 9.49 Å². The first kappa shape index (κ1) is 13.3. The van der Waals surface area contributed by atoms with Gasteiger partial charge in [0.1, 0.15) is 5.82 Å². The molecule has 19 heavy (non-hydrogen) atoms. The summed E-state index contributed by atoms with van der Waals surface area (Å²) < 4.78 is 18.2. The second kappa shape index (κ2) is 5.66. The zero-order chi connectivity index (χ0) is 13.8. The van der Waals surface area contributed by atoms with Crippen molar-refractivity contribution in [1.29, 1.82) is 0 Å². The minimum atomic E-state index is -0.530. The molecule has 0 unspecified atom stereocenters. The molecule has 0 saturated heterocycles. The van der Waals surface area contributed by atoms with Crippen molar-refractivity contribution in [2.24, 2.45) is 0 Å². The first-order valence-corrected chi connectivity index (χ1v) is 5.67. The van der Waals surface area contributed by atoms with Gasteiger partial charge >= 0.3 is 6.01 Å². The van der Waals surface area contributed by atoms with Crippen LogP contribution in [0.25, 0.3) is 0 Å². The second-order valence-electron chi connectivity index (χ2n) is 3.60. The molecule has 0 aliphatic rings. The van der Waals surface area contributed by atoms with Crippen molar-refractivity contribution >= 4 is 23.5 Å². The van der Waals surface area contributed by atoms with Crippen molar-refractivity contribution in [1.82, 2.24) is 15.2 Å². The van der Waals surface area contributed by atoms with Gasteiger partial charge in [-0.1, -0.05) is 17.7 Å². The predicted octanol–water partition coefficient (Wildman–Crippen LogP) is 1.79. The van der Waals surface area contributed by atoms with Gasteiger partial charge in [0, 0.05) is 10.6 Å². The third-order valence-corrected chi connectivity index (χ3v) is 2.66. The zero-order valence-corrected chi connectivity index (χ0v) is 10.7. The Morgan fingerprint density at radius 3 is 3.00 bits per heavy atom. The summed E-state index contributed by atoms with van der Waals surface area (Å²) in [5.41, 5.74) is 0.133. The summed E-state index contributed by atoms with van der Waals surface area (Å²) in [6.45, 7) is 0. The second-order valence-corrected chi connectivity index (χ2v) is 4.00. The van der Waals surface area contributed by atoms with Gasteiger partial charge in [-0.05, 0) is 12.1 Å². The van der Waals surface area contributed by atoms with E-state index < -0.39 is 11.7 Å². The monoisotopic (exact) mass is 284 g/mol. The number of H-pyrrole nitrogens is 1. The van der Waals surface area contributed by atoms with Gasteiger partial charge in [-0.3, -0.25) is 10.1 Å². The maximum Gasteiger partial charge on any atom is 0.336 e. The van der Waals surface area contributed by atoms with Crippen LogP contribution in [-0.4, -0.2) is 28.2 Å². The molecular formula is C11H10ClFN4O2. The fourth-order valence-corrected chi connectivity index (χ4v) is 1.66. The third kappa shape index (κ3) is 3.19. The standard InChI is InChI=1S/C11H10ClFN4O2/c1-19-11-15-10(16-17-11)14-9(18)5-6-7(12)3-2-4-8(6)13/h2-4H,5H2,1H3,(H2,14,15,16,17,18). The van der Waals surface area contributed by atoms with Gasteiger partial charge in [0.25, 0.3) is 0 Å². The number of benzene rings is 1. The highest BCUT2D eigenvalue weighted by Gasteiger charge is 2.13. The molecule has 0 saturated carbocycles. The van der Waals surface area contributed by atoms with Crippen molar-refractivity contribution in [3.63, 3.8) is 0 Å². The lowest BCUT2D eigenvalue weighted by Crippen LogP contribution is -2.16. The van der Waals surface area contributed by atoms with Crippen molar-refractivity contribution in [3.8, 4) is 6.01 Å². The summed E-state index contributed by atoms with van der Waals surface area (Å²) in [4.78, 5) is 15.5.